The van der Waals surface area contributed by atoms with Crippen LogP contribution in [0.3, 0.4) is 0 Å². The zero-order valence-electron chi connectivity index (χ0n) is 28.0. The Morgan fingerprint density at radius 2 is 0.820 bits per heavy atom. The molecule has 0 amide bonds. The number of fused-ring (bicyclic) bond motifs is 4. The van der Waals surface area contributed by atoms with E-state index < -0.39 is 0 Å². The fraction of sp³-hybridized carbons (Fsp3) is 0.0800. The Hall–Kier alpha value is -5.98. The molecule has 0 aromatic heterocycles. The number of benzene rings is 9. The molecule has 0 nitrogen and oxygen atoms in total. The monoisotopic (exact) mass is 636 g/mol. The lowest BCUT2D eigenvalue weighted by Crippen LogP contribution is -2.00. The van der Waals surface area contributed by atoms with Crippen molar-refractivity contribution in [1.29, 1.82) is 0 Å². The molecule has 0 saturated heterocycles. The Kier molecular flexibility index (Phi) is 6.88. The second-order valence-corrected chi connectivity index (χ2v) is 14.0. The molecule has 4 bridgehead atoms. The van der Waals surface area contributed by atoms with Crippen molar-refractivity contribution in [2.75, 3.05) is 0 Å². The summed E-state index contributed by atoms with van der Waals surface area (Å²) in [6, 6.07) is 63.9. The van der Waals surface area contributed by atoms with Crippen LogP contribution in [0.4, 0.5) is 0 Å². The number of hydrogen-bond acceptors (Lipinski definition) is 0. The molecular formula is C50H36. The maximum Gasteiger partial charge on any atom is -0.00988 e. The summed E-state index contributed by atoms with van der Waals surface area (Å²) in [6.07, 6.45) is 4.26. The summed E-state index contributed by atoms with van der Waals surface area (Å²) in [5, 5.41) is 10.5. The summed E-state index contributed by atoms with van der Waals surface area (Å²) < 4.78 is 0. The fourth-order valence-electron chi connectivity index (χ4n) is 8.28. The predicted molar refractivity (Wildman–Crippen MR) is 214 cm³/mol. The maximum absolute atomic E-state index is 2.44. The normalized spacial score (nSPS) is 12.9. The molecule has 0 unspecified atom stereocenters. The molecule has 0 N–H and O–H groups in total. The molecule has 0 atom stereocenters. The SMILES string of the molecule is c1cc(-c2ccc3cc(-c4ccc5c6ccc(c5c4)CCc4ccc(cc4)CC6)ccc3c2)cc(-c2cc3ccccc3c3ccccc23)c1. The molecule has 9 aromatic rings. The molecule has 0 saturated carbocycles. The van der Waals surface area contributed by atoms with E-state index in [2.05, 4.69) is 170 Å². The van der Waals surface area contributed by atoms with Gasteiger partial charge in [-0.05, 0) is 155 Å². The van der Waals surface area contributed by atoms with Crippen molar-refractivity contribution in [3.05, 3.63) is 192 Å². The number of rotatable bonds is 3. The lowest BCUT2D eigenvalue weighted by Gasteiger charge is -2.15. The molecule has 50 heavy (non-hydrogen) atoms. The van der Waals surface area contributed by atoms with Gasteiger partial charge in [-0.2, -0.15) is 0 Å². The molecule has 0 heterocycles. The van der Waals surface area contributed by atoms with Crippen LogP contribution in [0.1, 0.15) is 22.3 Å². The first kappa shape index (κ1) is 29.0. The number of aryl methyl sites for hydroxylation is 4. The van der Waals surface area contributed by atoms with Crippen LogP contribution in [-0.2, 0) is 25.7 Å². The first-order valence-corrected chi connectivity index (χ1v) is 17.9. The van der Waals surface area contributed by atoms with Gasteiger partial charge in [-0.1, -0.05) is 140 Å². The van der Waals surface area contributed by atoms with Crippen molar-refractivity contribution in [1.82, 2.24) is 0 Å². The van der Waals surface area contributed by atoms with Crippen LogP contribution < -0.4 is 0 Å². The van der Waals surface area contributed by atoms with Gasteiger partial charge in [-0.3, -0.25) is 0 Å². The van der Waals surface area contributed by atoms with E-state index in [0.717, 1.165) is 25.7 Å². The minimum Gasteiger partial charge on any atom is -0.0616 e. The van der Waals surface area contributed by atoms with Crippen molar-refractivity contribution < 1.29 is 0 Å². The maximum atomic E-state index is 2.44. The van der Waals surface area contributed by atoms with Crippen molar-refractivity contribution >= 4 is 43.1 Å². The molecule has 13 rings (SSSR count). The van der Waals surface area contributed by atoms with E-state index in [4.69, 9.17) is 0 Å². The molecular weight excluding hydrogens is 601 g/mol. The third-order valence-electron chi connectivity index (χ3n) is 11.0. The highest BCUT2D eigenvalue weighted by Gasteiger charge is 2.13. The predicted octanol–water partition coefficient (Wildman–Crippen LogP) is 13.2. The molecule has 0 radical (unpaired) electrons. The van der Waals surface area contributed by atoms with Crippen LogP contribution in [0.15, 0.2) is 170 Å². The van der Waals surface area contributed by atoms with Crippen LogP contribution in [0, 0.1) is 0 Å². The third-order valence-corrected chi connectivity index (χ3v) is 11.0. The van der Waals surface area contributed by atoms with Crippen molar-refractivity contribution in [2.45, 2.75) is 25.7 Å². The summed E-state index contributed by atoms with van der Waals surface area (Å²) in [6.45, 7) is 0. The van der Waals surface area contributed by atoms with Crippen LogP contribution in [0.5, 0.6) is 0 Å². The van der Waals surface area contributed by atoms with Gasteiger partial charge in [0.05, 0.1) is 0 Å². The Morgan fingerprint density at radius 3 is 1.54 bits per heavy atom. The molecule has 4 aliphatic rings. The zero-order valence-corrected chi connectivity index (χ0v) is 28.0. The smallest absolute Gasteiger partial charge is 0.00988 e. The second kappa shape index (κ2) is 11.9. The third kappa shape index (κ3) is 5.08. The van der Waals surface area contributed by atoms with Gasteiger partial charge in [0, 0.05) is 0 Å². The van der Waals surface area contributed by atoms with Crippen LogP contribution in [0.25, 0.3) is 76.5 Å². The molecule has 0 heteroatoms. The standard InChI is InChI=1S/C50H36/c1-2-9-45-44(6-1)32-50(48-11-4-3-10-47(45)48)43-8-5-7-37(30-43)38-22-23-40-29-41(25-24-39(40)28-38)42-26-27-46-35-18-16-33-12-14-34(15-13-33)17-19-36(21-20-35)49(46)31-42/h1-15,20-32H,16-19H2. The highest BCUT2D eigenvalue weighted by Crippen LogP contribution is 2.38. The average Bonchev–Trinajstić information content (AvgIpc) is 3.18. The van der Waals surface area contributed by atoms with Gasteiger partial charge < -0.3 is 0 Å². The van der Waals surface area contributed by atoms with Gasteiger partial charge in [0.25, 0.3) is 0 Å². The zero-order chi connectivity index (χ0) is 33.0. The minimum atomic E-state index is 1.05. The van der Waals surface area contributed by atoms with E-state index in [1.165, 1.54) is 98.7 Å². The highest BCUT2D eigenvalue weighted by atomic mass is 14.2. The minimum absolute atomic E-state index is 1.05. The molecule has 0 aliphatic heterocycles. The Balaban J connectivity index is 1.00. The first-order valence-electron chi connectivity index (χ1n) is 17.9. The van der Waals surface area contributed by atoms with Gasteiger partial charge in [-0.15, -0.1) is 0 Å². The molecule has 9 aromatic carbocycles. The van der Waals surface area contributed by atoms with E-state index in [9.17, 15) is 0 Å². The first-order chi connectivity index (χ1) is 24.7. The van der Waals surface area contributed by atoms with Gasteiger partial charge in [0.1, 0.15) is 0 Å². The lowest BCUT2D eigenvalue weighted by molar-refractivity contribution is 0.934. The fourth-order valence-corrected chi connectivity index (χ4v) is 8.28. The highest BCUT2D eigenvalue weighted by molar-refractivity contribution is 6.14. The van der Waals surface area contributed by atoms with Crippen LogP contribution in [0.2, 0.25) is 0 Å². The molecule has 4 aliphatic carbocycles. The van der Waals surface area contributed by atoms with E-state index in [0.29, 0.717) is 0 Å². The van der Waals surface area contributed by atoms with E-state index in [-0.39, 0.29) is 0 Å². The Bertz CT molecular complexity index is 2750. The lowest BCUT2D eigenvalue weighted by atomic mass is 9.89. The van der Waals surface area contributed by atoms with Gasteiger partial charge in [0.15, 0.2) is 0 Å². The summed E-state index contributed by atoms with van der Waals surface area (Å²) in [5.74, 6) is 0. The summed E-state index contributed by atoms with van der Waals surface area (Å²) >= 11 is 0. The Morgan fingerprint density at radius 1 is 0.260 bits per heavy atom. The summed E-state index contributed by atoms with van der Waals surface area (Å²) in [4.78, 5) is 0. The van der Waals surface area contributed by atoms with E-state index >= 15 is 0 Å². The molecule has 236 valence electrons. The molecule has 0 fully saturated rings. The summed E-state index contributed by atoms with van der Waals surface area (Å²) in [7, 11) is 0. The van der Waals surface area contributed by atoms with Crippen molar-refractivity contribution in [3.8, 4) is 33.4 Å². The van der Waals surface area contributed by atoms with E-state index in [1.54, 1.807) is 0 Å². The topological polar surface area (TPSA) is 0 Å². The Labute approximate surface area is 293 Å². The van der Waals surface area contributed by atoms with E-state index in [1.807, 2.05) is 0 Å². The van der Waals surface area contributed by atoms with Crippen molar-refractivity contribution in [2.24, 2.45) is 0 Å². The van der Waals surface area contributed by atoms with Crippen molar-refractivity contribution in [3.63, 3.8) is 0 Å². The average molecular weight is 637 g/mol. The van der Waals surface area contributed by atoms with Crippen LogP contribution in [-0.4, -0.2) is 0 Å². The van der Waals surface area contributed by atoms with Crippen LogP contribution >= 0.6 is 0 Å². The largest absolute Gasteiger partial charge is 0.0616 e. The summed E-state index contributed by atoms with van der Waals surface area (Å²) in [5.41, 5.74) is 13.3. The van der Waals surface area contributed by atoms with Gasteiger partial charge in [0.2, 0.25) is 0 Å². The van der Waals surface area contributed by atoms with Gasteiger partial charge in [-0.25, -0.2) is 0 Å². The quantitative estimate of drug-likeness (QED) is 0.169. The van der Waals surface area contributed by atoms with Gasteiger partial charge >= 0.3 is 0 Å². The second-order valence-electron chi connectivity index (χ2n) is 14.0. The molecule has 0 spiro atoms. The number of hydrogen-bond donors (Lipinski definition) is 0.